The lowest BCUT2D eigenvalue weighted by Gasteiger charge is -2.04. The monoisotopic (exact) mass is 275 g/mol. The van der Waals surface area contributed by atoms with Gasteiger partial charge in [0.1, 0.15) is 0 Å². The molecule has 1 heterocycles. The summed E-state index contributed by atoms with van der Waals surface area (Å²) in [7, 11) is 1.29. The molecule has 2 aromatic rings. The molecule has 0 fully saturated rings. The number of ether oxygens (including phenoxy) is 1. The lowest BCUT2D eigenvalue weighted by Crippen LogP contribution is -1.99. The van der Waals surface area contributed by atoms with Gasteiger partial charge in [0, 0.05) is 5.56 Å². The van der Waals surface area contributed by atoms with Gasteiger partial charge in [-0.1, -0.05) is 0 Å². The standard InChI is InChI=1S/C10H5ClF3N3O/c1-18-10-16-8(15-9(11)17-10)4-2-5(12)7(14)6(13)3-4/h2-3H,1H3. The van der Waals surface area contributed by atoms with Gasteiger partial charge < -0.3 is 4.74 Å². The lowest BCUT2D eigenvalue weighted by molar-refractivity contribution is 0.378. The Morgan fingerprint density at radius 2 is 1.67 bits per heavy atom. The Kier molecular flexibility index (Phi) is 3.33. The van der Waals surface area contributed by atoms with E-state index in [4.69, 9.17) is 16.3 Å². The zero-order chi connectivity index (χ0) is 13.3. The van der Waals surface area contributed by atoms with E-state index >= 15 is 0 Å². The molecule has 0 unspecified atom stereocenters. The molecule has 1 aromatic heterocycles. The summed E-state index contributed by atoms with van der Waals surface area (Å²) in [5, 5.41) is -0.206. The summed E-state index contributed by atoms with van der Waals surface area (Å²) in [6.45, 7) is 0. The molecule has 18 heavy (non-hydrogen) atoms. The van der Waals surface area contributed by atoms with E-state index in [1.54, 1.807) is 0 Å². The van der Waals surface area contributed by atoms with Gasteiger partial charge in [-0.15, -0.1) is 0 Å². The molecule has 0 amide bonds. The molecule has 0 saturated heterocycles. The minimum atomic E-state index is -1.56. The highest BCUT2D eigenvalue weighted by Gasteiger charge is 2.14. The first-order valence-electron chi connectivity index (χ1n) is 4.61. The summed E-state index contributed by atoms with van der Waals surface area (Å²) in [5.74, 6) is -4.38. The van der Waals surface area contributed by atoms with E-state index in [0.29, 0.717) is 0 Å². The Bertz CT molecular complexity index is 586. The van der Waals surface area contributed by atoms with Crippen LogP contribution in [0.3, 0.4) is 0 Å². The van der Waals surface area contributed by atoms with Crippen LogP contribution in [0.4, 0.5) is 13.2 Å². The van der Waals surface area contributed by atoms with E-state index in [1.807, 2.05) is 0 Å². The molecule has 0 saturated carbocycles. The van der Waals surface area contributed by atoms with Crippen molar-refractivity contribution in [2.75, 3.05) is 7.11 Å². The van der Waals surface area contributed by atoms with Gasteiger partial charge in [0.2, 0.25) is 5.28 Å². The highest BCUT2D eigenvalue weighted by atomic mass is 35.5. The summed E-state index contributed by atoms with van der Waals surface area (Å²) in [6, 6.07) is 1.39. The van der Waals surface area contributed by atoms with Gasteiger partial charge in [0.25, 0.3) is 0 Å². The third-order valence-electron chi connectivity index (χ3n) is 2.01. The number of halogens is 4. The number of aromatic nitrogens is 3. The van der Waals surface area contributed by atoms with Gasteiger partial charge in [-0.25, -0.2) is 13.2 Å². The summed E-state index contributed by atoms with van der Waals surface area (Å²) in [5.41, 5.74) is -0.0750. The topological polar surface area (TPSA) is 47.9 Å². The van der Waals surface area contributed by atoms with Crippen LogP contribution in [0.5, 0.6) is 6.01 Å². The largest absolute Gasteiger partial charge is 0.467 e. The second kappa shape index (κ2) is 4.77. The van der Waals surface area contributed by atoms with Crippen molar-refractivity contribution in [2.24, 2.45) is 0 Å². The molecular weight excluding hydrogens is 271 g/mol. The Hall–Kier alpha value is -1.89. The number of rotatable bonds is 2. The summed E-state index contributed by atoms with van der Waals surface area (Å²) < 4.78 is 43.6. The molecule has 0 spiro atoms. The van der Waals surface area contributed by atoms with Crippen LogP contribution in [0.1, 0.15) is 0 Å². The van der Waals surface area contributed by atoms with Crippen molar-refractivity contribution < 1.29 is 17.9 Å². The van der Waals surface area contributed by atoms with E-state index < -0.39 is 17.5 Å². The molecule has 4 nitrogen and oxygen atoms in total. The predicted octanol–water partition coefficient (Wildman–Crippen LogP) is 2.62. The third-order valence-corrected chi connectivity index (χ3v) is 2.18. The molecule has 2 rings (SSSR count). The number of benzene rings is 1. The first-order chi connectivity index (χ1) is 8.51. The van der Waals surface area contributed by atoms with Crippen molar-refractivity contribution >= 4 is 11.6 Å². The molecule has 0 aliphatic heterocycles. The van der Waals surface area contributed by atoms with Crippen molar-refractivity contribution in [2.45, 2.75) is 0 Å². The average molecular weight is 276 g/mol. The molecule has 0 aliphatic rings. The highest BCUT2D eigenvalue weighted by molar-refractivity contribution is 6.28. The van der Waals surface area contributed by atoms with Gasteiger partial charge in [-0.05, 0) is 23.7 Å². The molecule has 0 bridgehead atoms. The van der Waals surface area contributed by atoms with Crippen LogP contribution in [-0.4, -0.2) is 22.1 Å². The second-order valence-corrected chi connectivity index (χ2v) is 3.51. The number of methoxy groups -OCH3 is 1. The summed E-state index contributed by atoms with van der Waals surface area (Å²) >= 11 is 5.59. The zero-order valence-electron chi connectivity index (χ0n) is 8.92. The van der Waals surface area contributed by atoms with Crippen LogP contribution in [0.15, 0.2) is 12.1 Å². The van der Waals surface area contributed by atoms with Crippen molar-refractivity contribution in [3.05, 3.63) is 34.9 Å². The first kappa shape index (κ1) is 12.6. The minimum absolute atomic E-state index is 0.0750. The van der Waals surface area contributed by atoms with Crippen LogP contribution < -0.4 is 4.74 Å². The van der Waals surface area contributed by atoms with E-state index in [1.165, 1.54) is 7.11 Å². The first-order valence-corrected chi connectivity index (χ1v) is 4.99. The fourth-order valence-electron chi connectivity index (χ4n) is 1.24. The zero-order valence-corrected chi connectivity index (χ0v) is 9.67. The van der Waals surface area contributed by atoms with Crippen molar-refractivity contribution in [1.29, 1.82) is 0 Å². The van der Waals surface area contributed by atoms with Crippen LogP contribution in [0, 0.1) is 17.5 Å². The van der Waals surface area contributed by atoms with Crippen molar-refractivity contribution in [3.63, 3.8) is 0 Å². The van der Waals surface area contributed by atoms with Gasteiger partial charge in [-0.3, -0.25) is 0 Å². The Balaban J connectivity index is 2.58. The van der Waals surface area contributed by atoms with Gasteiger partial charge in [-0.2, -0.15) is 15.0 Å². The third kappa shape index (κ3) is 2.35. The molecular formula is C10H5ClF3N3O. The van der Waals surface area contributed by atoms with Gasteiger partial charge in [0.05, 0.1) is 7.11 Å². The van der Waals surface area contributed by atoms with E-state index in [9.17, 15) is 13.2 Å². The quantitative estimate of drug-likeness (QED) is 0.791. The highest BCUT2D eigenvalue weighted by Crippen LogP contribution is 2.22. The molecule has 8 heteroatoms. The molecule has 0 radical (unpaired) electrons. The Labute approximate surface area is 104 Å². The lowest BCUT2D eigenvalue weighted by atomic mass is 10.2. The number of nitrogens with zero attached hydrogens (tertiary/aromatic N) is 3. The fourth-order valence-corrected chi connectivity index (χ4v) is 1.39. The normalized spacial score (nSPS) is 10.5. The second-order valence-electron chi connectivity index (χ2n) is 3.17. The maximum atomic E-state index is 13.1. The SMILES string of the molecule is COc1nc(Cl)nc(-c2cc(F)c(F)c(F)c2)n1. The number of hydrogen-bond donors (Lipinski definition) is 0. The van der Waals surface area contributed by atoms with E-state index in [0.717, 1.165) is 12.1 Å². The van der Waals surface area contributed by atoms with Crippen LogP contribution in [-0.2, 0) is 0 Å². The minimum Gasteiger partial charge on any atom is -0.467 e. The van der Waals surface area contributed by atoms with Gasteiger partial charge in [0.15, 0.2) is 23.3 Å². The average Bonchev–Trinajstić information content (AvgIpc) is 2.34. The molecule has 0 atom stereocenters. The van der Waals surface area contributed by atoms with Crippen LogP contribution >= 0.6 is 11.6 Å². The number of hydrogen-bond acceptors (Lipinski definition) is 4. The van der Waals surface area contributed by atoms with Crippen LogP contribution in [0.2, 0.25) is 5.28 Å². The van der Waals surface area contributed by atoms with Gasteiger partial charge >= 0.3 is 6.01 Å². The summed E-state index contributed by atoms with van der Waals surface area (Å²) in [4.78, 5) is 11.0. The van der Waals surface area contributed by atoms with Crippen LogP contribution in [0.25, 0.3) is 11.4 Å². The molecule has 1 aromatic carbocycles. The molecule has 0 aliphatic carbocycles. The summed E-state index contributed by atoms with van der Waals surface area (Å²) in [6.07, 6.45) is 0. The fraction of sp³-hybridized carbons (Fsp3) is 0.100. The predicted molar refractivity (Wildman–Crippen MR) is 56.7 cm³/mol. The smallest absolute Gasteiger partial charge is 0.321 e. The maximum Gasteiger partial charge on any atom is 0.321 e. The molecule has 0 N–H and O–H groups in total. The Morgan fingerprint density at radius 1 is 1.06 bits per heavy atom. The van der Waals surface area contributed by atoms with E-state index in [2.05, 4.69) is 15.0 Å². The van der Waals surface area contributed by atoms with E-state index in [-0.39, 0.29) is 22.7 Å². The van der Waals surface area contributed by atoms with Crippen molar-refractivity contribution in [1.82, 2.24) is 15.0 Å². The maximum absolute atomic E-state index is 13.1. The van der Waals surface area contributed by atoms with Crippen molar-refractivity contribution in [3.8, 4) is 17.4 Å². The Morgan fingerprint density at radius 3 is 2.22 bits per heavy atom. The molecule has 94 valence electrons.